The van der Waals surface area contributed by atoms with E-state index in [1.165, 1.54) is 11.3 Å². The first-order valence-corrected chi connectivity index (χ1v) is 8.76. The molecule has 1 saturated heterocycles. The quantitative estimate of drug-likeness (QED) is 0.837. The van der Waals surface area contributed by atoms with Gasteiger partial charge in [0, 0.05) is 19.0 Å². The summed E-state index contributed by atoms with van der Waals surface area (Å²) in [4.78, 5) is 38.1. The van der Waals surface area contributed by atoms with Crippen LogP contribution in [0.2, 0.25) is 0 Å². The molecular weight excluding hydrogens is 316 g/mol. The predicted octanol–water partition coefficient (Wildman–Crippen LogP) is 2.26. The van der Waals surface area contributed by atoms with Crippen molar-refractivity contribution in [1.29, 1.82) is 0 Å². The van der Waals surface area contributed by atoms with Gasteiger partial charge in [0.05, 0.1) is 5.00 Å². The molecule has 0 aromatic carbocycles. The van der Waals surface area contributed by atoms with Gasteiger partial charge in [-0.3, -0.25) is 9.59 Å². The number of hydrogen-bond donors (Lipinski definition) is 1. The number of thiophene rings is 1. The van der Waals surface area contributed by atoms with E-state index in [-0.39, 0.29) is 17.7 Å². The molecule has 23 heavy (non-hydrogen) atoms. The summed E-state index contributed by atoms with van der Waals surface area (Å²) in [6.45, 7) is 3.07. The fourth-order valence-electron chi connectivity index (χ4n) is 2.55. The molecule has 1 aromatic rings. The Morgan fingerprint density at radius 3 is 2.61 bits per heavy atom. The van der Waals surface area contributed by atoms with Crippen LogP contribution in [0.25, 0.3) is 0 Å². The number of esters is 1. The summed E-state index contributed by atoms with van der Waals surface area (Å²) in [5.74, 6) is -0.549. The summed E-state index contributed by atoms with van der Waals surface area (Å²) < 4.78 is 5.26. The van der Waals surface area contributed by atoms with Crippen molar-refractivity contribution >= 4 is 34.1 Å². The molecule has 0 bridgehead atoms. The lowest BCUT2D eigenvalue weighted by Crippen LogP contribution is -2.38. The highest BCUT2D eigenvalue weighted by atomic mass is 32.1. The van der Waals surface area contributed by atoms with Crippen molar-refractivity contribution < 1.29 is 19.1 Å². The van der Waals surface area contributed by atoms with Gasteiger partial charge in [-0.2, -0.15) is 0 Å². The summed E-state index contributed by atoms with van der Waals surface area (Å²) >= 11 is 1.17. The van der Waals surface area contributed by atoms with Gasteiger partial charge in [-0.1, -0.05) is 0 Å². The van der Waals surface area contributed by atoms with Gasteiger partial charge < -0.3 is 15.0 Å². The molecule has 1 aliphatic heterocycles. The van der Waals surface area contributed by atoms with E-state index in [1.54, 1.807) is 24.0 Å². The Morgan fingerprint density at radius 1 is 1.26 bits per heavy atom. The second kappa shape index (κ2) is 6.70. The molecule has 1 unspecified atom stereocenters. The van der Waals surface area contributed by atoms with Crippen molar-refractivity contribution in [3.8, 4) is 0 Å². The Kier molecular flexibility index (Phi) is 4.66. The average molecular weight is 336 g/mol. The molecule has 2 heterocycles. The van der Waals surface area contributed by atoms with Crippen LogP contribution in [0.15, 0.2) is 12.1 Å². The second-order valence-electron chi connectivity index (χ2n) is 6.01. The third-order valence-corrected chi connectivity index (χ3v) is 5.03. The Bertz CT molecular complexity index is 617. The number of likely N-dealkylation sites (tertiary alicyclic amines) is 1. The standard InChI is InChI=1S/C16H20N2O4S/c1-10(15(20)18-8-2-3-9-18)22-16(21)12-6-7-13(23-12)17-14(19)11-4-5-11/h6-7,10-11H,2-5,8-9H2,1H3,(H,17,19). The summed E-state index contributed by atoms with van der Waals surface area (Å²) in [6.07, 6.45) is 3.08. The minimum Gasteiger partial charge on any atom is -0.448 e. The number of carbonyl (C=O) groups is 3. The van der Waals surface area contributed by atoms with Crippen LogP contribution in [-0.4, -0.2) is 41.9 Å². The maximum Gasteiger partial charge on any atom is 0.349 e. The van der Waals surface area contributed by atoms with E-state index in [4.69, 9.17) is 4.74 Å². The zero-order valence-corrected chi connectivity index (χ0v) is 13.9. The number of nitrogens with zero attached hydrogens (tertiary/aromatic N) is 1. The molecule has 1 N–H and O–H groups in total. The number of anilines is 1. The van der Waals surface area contributed by atoms with Crippen LogP contribution >= 0.6 is 11.3 Å². The summed E-state index contributed by atoms with van der Waals surface area (Å²) in [5.41, 5.74) is 0. The lowest BCUT2D eigenvalue weighted by molar-refractivity contribution is -0.138. The maximum absolute atomic E-state index is 12.1. The third-order valence-electron chi connectivity index (χ3n) is 4.05. The van der Waals surface area contributed by atoms with E-state index in [0.717, 1.165) is 38.8 Å². The van der Waals surface area contributed by atoms with Crippen molar-refractivity contribution in [3.63, 3.8) is 0 Å². The highest BCUT2D eigenvalue weighted by Crippen LogP contribution is 2.31. The molecule has 0 spiro atoms. The van der Waals surface area contributed by atoms with E-state index < -0.39 is 12.1 Å². The lowest BCUT2D eigenvalue weighted by Gasteiger charge is -2.20. The van der Waals surface area contributed by atoms with Crippen molar-refractivity contribution in [2.45, 2.75) is 38.7 Å². The third kappa shape index (κ3) is 3.90. The van der Waals surface area contributed by atoms with E-state index in [1.807, 2.05) is 0 Å². The van der Waals surface area contributed by atoms with Crippen LogP contribution < -0.4 is 5.32 Å². The van der Waals surface area contributed by atoms with Crippen LogP contribution in [-0.2, 0) is 14.3 Å². The SMILES string of the molecule is CC(OC(=O)c1ccc(NC(=O)C2CC2)s1)C(=O)N1CCCC1. The first kappa shape index (κ1) is 16.0. The predicted molar refractivity (Wildman–Crippen MR) is 86.4 cm³/mol. The molecule has 124 valence electrons. The molecule has 0 radical (unpaired) electrons. The molecule has 1 aromatic heterocycles. The highest BCUT2D eigenvalue weighted by molar-refractivity contribution is 7.18. The van der Waals surface area contributed by atoms with E-state index in [2.05, 4.69) is 5.32 Å². The molecular formula is C16H20N2O4S. The monoisotopic (exact) mass is 336 g/mol. The Morgan fingerprint density at radius 2 is 1.96 bits per heavy atom. The van der Waals surface area contributed by atoms with Crippen LogP contribution in [0.4, 0.5) is 5.00 Å². The van der Waals surface area contributed by atoms with Gasteiger partial charge in [-0.15, -0.1) is 11.3 Å². The van der Waals surface area contributed by atoms with Gasteiger partial charge in [-0.05, 0) is 44.7 Å². The second-order valence-corrected chi connectivity index (χ2v) is 7.09. The topological polar surface area (TPSA) is 75.7 Å². The molecule has 2 amide bonds. The zero-order valence-electron chi connectivity index (χ0n) is 13.0. The molecule has 7 heteroatoms. The van der Waals surface area contributed by atoms with E-state index >= 15 is 0 Å². The lowest BCUT2D eigenvalue weighted by atomic mass is 10.3. The van der Waals surface area contributed by atoms with Crippen LogP contribution in [0.3, 0.4) is 0 Å². The van der Waals surface area contributed by atoms with E-state index in [9.17, 15) is 14.4 Å². The van der Waals surface area contributed by atoms with Gasteiger partial charge in [0.25, 0.3) is 5.91 Å². The smallest absolute Gasteiger partial charge is 0.349 e. The Labute approximate surface area is 138 Å². The van der Waals surface area contributed by atoms with Gasteiger partial charge in [0.15, 0.2) is 6.10 Å². The molecule has 1 saturated carbocycles. The Hall–Kier alpha value is -1.89. The molecule has 3 rings (SSSR count). The minimum atomic E-state index is -0.785. The summed E-state index contributed by atoms with van der Waals surface area (Å²) in [5, 5.41) is 3.43. The number of nitrogens with one attached hydrogen (secondary N) is 1. The van der Waals surface area contributed by atoms with Gasteiger partial charge in [-0.25, -0.2) is 4.79 Å². The first-order valence-electron chi connectivity index (χ1n) is 7.95. The van der Waals surface area contributed by atoms with E-state index in [0.29, 0.717) is 9.88 Å². The zero-order chi connectivity index (χ0) is 16.4. The van der Waals surface area contributed by atoms with Crippen molar-refractivity contribution in [3.05, 3.63) is 17.0 Å². The fraction of sp³-hybridized carbons (Fsp3) is 0.562. The van der Waals surface area contributed by atoms with Crippen LogP contribution in [0, 0.1) is 5.92 Å². The van der Waals surface area contributed by atoms with Crippen LogP contribution in [0.1, 0.15) is 42.3 Å². The molecule has 1 aliphatic carbocycles. The van der Waals surface area contributed by atoms with Gasteiger partial charge in [0.1, 0.15) is 4.88 Å². The largest absolute Gasteiger partial charge is 0.448 e. The minimum absolute atomic E-state index is 0.00402. The van der Waals surface area contributed by atoms with Gasteiger partial charge >= 0.3 is 5.97 Å². The molecule has 1 atom stereocenters. The number of hydrogen-bond acceptors (Lipinski definition) is 5. The highest BCUT2D eigenvalue weighted by Gasteiger charge is 2.30. The summed E-state index contributed by atoms with van der Waals surface area (Å²) in [7, 11) is 0. The van der Waals surface area contributed by atoms with Crippen molar-refractivity contribution in [2.24, 2.45) is 5.92 Å². The molecule has 2 aliphatic rings. The van der Waals surface area contributed by atoms with Crippen molar-refractivity contribution in [1.82, 2.24) is 4.90 Å². The van der Waals surface area contributed by atoms with Crippen molar-refractivity contribution in [2.75, 3.05) is 18.4 Å². The molecule has 2 fully saturated rings. The van der Waals surface area contributed by atoms with Gasteiger partial charge in [0.2, 0.25) is 5.91 Å². The number of carbonyl (C=O) groups excluding carboxylic acids is 3. The average Bonchev–Trinajstić information content (AvgIpc) is 3.05. The number of amides is 2. The normalized spacial score (nSPS) is 18.6. The maximum atomic E-state index is 12.1. The first-order chi connectivity index (χ1) is 11.0. The summed E-state index contributed by atoms with van der Waals surface area (Å²) in [6, 6.07) is 3.30. The number of ether oxygens (including phenoxy) is 1. The Balaban J connectivity index is 1.54. The fourth-order valence-corrected chi connectivity index (χ4v) is 3.34. The molecule has 6 nitrogen and oxygen atoms in total. The van der Waals surface area contributed by atoms with Crippen LogP contribution in [0.5, 0.6) is 0 Å². The number of rotatable bonds is 5.